The Morgan fingerprint density at radius 1 is 0.905 bits per heavy atom. The molecule has 1 atom stereocenters. The molecule has 42 heavy (non-hydrogen) atoms. The van der Waals surface area contributed by atoms with Crippen LogP contribution >= 0.6 is 0 Å². The van der Waals surface area contributed by atoms with Gasteiger partial charge in [0, 0.05) is 55.6 Å². The average Bonchev–Trinajstić information content (AvgIpc) is 3.48. The molecule has 5 nitrogen and oxygen atoms in total. The lowest BCUT2D eigenvalue weighted by Gasteiger charge is -2.36. The van der Waals surface area contributed by atoms with Gasteiger partial charge in [0.15, 0.2) is 0 Å². The summed E-state index contributed by atoms with van der Waals surface area (Å²) >= 11 is 0. The molecular formula is C36H36FN3O2. The number of H-pyrrole nitrogens is 1. The highest BCUT2D eigenvalue weighted by molar-refractivity contribution is 5.88. The van der Waals surface area contributed by atoms with Crippen molar-refractivity contribution in [3.63, 3.8) is 0 Å². The Labute approximate surface area is 246 Å². The number of ether oxygens (including phenoxy) is 1. The van der Waals surface area contributed by atoms with E-state index in [-0.39, 0.29) is 17.6 Å². The molecule has 1 aromatic heterocycles. The van der Waals surface area contributed by atoms with Crippen LogP contribution in [0.3, 0.4) is 0 Å². The monoisotopic (exact) mass is 561 g/mol. The van der Waals surface area contributed by atoms with Gasteiger partial charge in [-0.25, -0.2) is 4.39 Å². The van der Waals surface area contributed by atoms with E-state index in [2.05, 4.69) is 60.6 Å². The number of para-hydroxylation sites is 2. The zero-order chi connectivity index (χ0) is 28.9. The number of nitrogens with zero attached hydrogens (tertiary/aromatic N) is 2. The van der Waals surface area contributed by atoms with Crippen molar-refractivity contribution in [3.8, 4) is 5.75 Å². The van der Waals surface area contributed by atoms with E-state index in [1.165, 1.54) is 11.6 Å². The number of piperazine rings is 1. The van der Waals surface area contributed by atoms with Gasteiger partial charge in [-0.1, -0.05) is 79.7 Å². The van der Waals surface area contributed by atoms with Crippen molar-refractivity contribution in [1.82, 2.24) is 9.88 Å². The molecular weight excluding hydrogens is 525 g/mol. The second-order valence-corrected chi connectivity index (χ2v) is 10.9. The molecule has 1 aliphatic heterocycles. The van der Waals surface area contributed by atoms with Gasteiger partial charge in [0.2, 0.25) is 5.91 Å². The predicted molar refractivity (Wildman–Crippen MR) is 167 cm³/mol. The summed E-state index contributed by atoms with van der Waals surface area (Å²) in [6.45, 7) is 4.97. The first kappa shape index (κ1) is 27.6. The first-order valence-corrected chi connectivity index (χ1v) is 14.7. The number of aryl methyl sites for hydroxylation is 1. The van der Waals surface area contributed by atoms with Gasteiger partial charge >= 0.3 is 0 Å². The second kappa shape index (κ2) is 12.5. The number of carbonyl (C=O) groups is 1. The molecule has 2 heterocycles. The summed E-state index contributed by atoms with van der Waals surface area (Å²) < 4.78 is 20.5. The zero-order valence-electron chi connectivity index (χ0n) is 23.9. The largest absolute Gasteiger partial charge is 0.489 e. The quantitative estimate of drug-likeness (QED) is 0.205. The van der Waals surface area contributed by atoms with Gasteiger partial charge in [-0.15, -0.1) is 0 Å². The number of hydrogen-bond donors (Lipinski definition) is 1. The maximum absolute atomic E-state index is 14.4. The lowest BCUT2D eigenvalue weighted by atomic mass is 9.87. The van der Waals surface area contributed by atoms with E-state index in [4.69, 9.17) is 4.74 Å². The van der Waals surface area contributed by atoms with E-state index in [0.717, 1.165) is 39.8 Å². The lowest BCUT2D eigenvalue weighted by Crippen LogP contribution is -2.49. The number of aromatic amines is 1. The minimum Gasteiger partial charge on any atom is -0.489 e. The molecule has 214 valence electrons. The molecule has 0 aliphatic carbocycles. The molecule has 4 aromatic carbocycles. The summed E-state index contributed by atoms with van der Waals surface area (Å²) in [4.78, 5) is 21.3. The Hall–Kier alpha value is -4.58. The van der Waals surface area contributed by atoms with Crippen LogP contribution in [0.1, 0.15) is 41.5 Å². The Kier molecular flexibility index (Phi) is 8.22. The van der Waals surface area contributed by atoms with E-state index in [0.29, 0.717) is 44.9 Å². The van der Waals surface area contributed by atoms with Gasteiger partial charge in [-0.2, -0.15) is 0 Å². The van der Waals surface area contributed by atoms with Gasteiger partial charge in [-0.3, -0.25) is 4.79 Å². The van der Waals surface area contributed by atoms with Crippen LogP contribution in [0.5, 0.6) is 5.75 Å². The fourth-order valence-corrected chi connectivity index (χ4v) is 6.00. The molecule has 6 rings (SSSR count). The smallest absolute Gasteiger partial charge is 0.223 e. The van der Waals surface area contributed by atoms with Crippen LogP contribution in [0.4, 0.5) is 10.1 Å². The Morgan fingerprint density at radius 3 is 2.45 bits per heavy atom. The van der Waals surface area contributed by atoms with E-state index in [9.17, 15) is 9.18 Å². The highest BCUT2D eigenvalue weighted by atomic mass is 19.1. The normalized spacial score (nSPS) is 14.2. The van der Waals surface area contributed by atoms with Gasteiger partial charge in [0.05, 0.1) is 5.69 Å². The number of anilines is 1. The minimum atomic E-state index is -0.225. The number of benzene rings is 4. The fraction of sp³-hybridized carbons (Fsp3) is 0.250. The molecule has 1 N–H and O–H groups in total. The number of hydrogen-bond acceptors (Lipinski definition) is 3. The number of carbonyl (C=O) groups excluding carboxylic acids is 1. The second-order valence-electron chi connectivity index (χ2n) is 10.9. The van der Waals surface area contributed by atoms with E-state index in [1.54, 1.807) is 12.1 Å². The number of halogens is 1. The van der Waals surface area contributed by atoms with Crippen LogP contribution in [-0.2, 0) is 17.8 Å². The Morgan fingerprint density at radius 2 is 1.67 bits per heavy atom. The first-order chi connectivity index (χ1) is 20.6. The van der Waals surface area contributed by atoms with Crippen molar-refractivity contribution in [1.29, 1.82) is 0 Å². The Bertz CT molecular complexity index is 1660. The maximum Gasteiger partial charge on any atom is 0.223 e. The number of amides is 1. The molecule has 6 heteroatoms. The number of rotatable bonds is 9. The molecule has 0 radical (unpaired) electrons. The molecule has 5 aromatic rings. The highest BCUT2D eigenvalue weighted by Gasteiger charge is 2.28. The number of fused-ring (bicyclic) bond motifs is 1. The summed E-state index contributed by atoms with van der Waals surface area (Å²) in [6.07, 6.45) is 3.33. The van der Waals surface area contributed by atoms with Crippen molar-refractivity contribution in [2.45, 2.75) is 32.3 Å². The van der Waals surface area contributed by atoms with Crippen molar-refractivity contribution in [2.75, 3.05) is 31.1 Å². The van der Waals surface area contributed by atoms with Gasteiger partial charge in [-0.05, 0) is 52.9 Å². The standard InChI is InChI=1S/C36H36FN3O2/c1-2-27-12-9-15-30-32(24-38-36(27)30)31(28-13-8-14-29(22-28)42-25-26-10-4-3-5-11-26)23-35(41)40-20-18-39(19-21-40)34-17-7-6-16-33(34)37/h3-17,22,24,31,38H,2,18-21,23,25H2,1H3. The minimum absolute atomic E-state index is 0.102. The molecule has 0 bridgehead atoms. The van der Waals surface area contributed by atoms with Crippen LogP contribution in [0.15, 0.2) is 103 Å². The molecule has 1 unspecified atom stereocenters. The molecule has 1 amide bonds. The van der Waals surface area contributed by atoms with Crippen LogP contribution in [0.2, 0.25) is 0 Å². The third-order valence-electron chi connectivity index (χ3n) is 8.30. The molecule has 1 aliphatic rings. The molecule has 0 spiro atoms. The van der Waals surface area contributed by atoms with Crippen molar-refractivity contribution >= 4 is 22.5 Å². The average molecular weight is 562 g/mol. The van der Waals surface area contributed by atoms with Crippen molar-refractivity contribution < 1.29 is 13.9 Å². The van der Waals surface area contributed by atoms with Crippen molar-refractivity contribution in [3.05, 3.63) is 131 Å². The molecule has 0 saturated carbocycles. The molecule has 1 fully saturated rings. The first-order valence-electron chi connectivity index (χ1n) is 14.7. The van der Waals surface area contributed by atoms with Gasteiger partial charge in [0.1, 0.15) is 18.2 Å². The van der Waals surface area contributed by atoms with Gasteiger partial charge in [0.25, 0.3) is 0 Å². The SMILES string of the molecule is CCc1cccc2c(C(CC(=O)N3CCN(c4ccccc4F)CC3)c3cccc(OCc4ccccc4)c3)c[nH]c12. The summed E-state index contributed by atoms with van der Waals surface area (Å²) in [7, 11) is 0. The Balaban J connectivity index is 1.25. The van der Waals surface area contributed by atoms with E-state index >= 15 is 0 Å². The summed E-state index contributed by atoms with van der Waals surface area (Å²) in [5, 5.41) is 1.15. The highest BCUT2D eigenvalue weighted by Crippen LogP contribution is 2.36. The van der Waals surface area contributed by atoms with E-state index in [1.807, 2.05) is 46.2 Å². The summed E-state index contributed by atoms with van der Waals surface area (Å²) in [6, 6.07) is 31.5. The number of aromatic nitrogens is 1. The van der Waals surface area contributed by atoms with Crippen LogP contribution in [0, 0.1) is 5.82 Å². The maximum atomic E-state index is 14.4. The molecule has 1 saturated heterocycles. The summed E-state index contributed by atoms with van der Waals surface area (Å²) in [5.74, 6) is 0.506. The van der Waals surface area contributed by atoms with Crippen LogP contribution in [-0.4, -0.2) is 42.0 Å². The van der Waals surface area contributed by atoms with Crippen LogP contribution < -0.4 is 9.64 Å². The third-order valence-corrected chi connectivity index (χ3v) is 8.30. The van der Waals surface area contributed by atoms with Crippen molar-refractivity contribution in [2.24, 2.45) is 0 Å². The zero-order valence-corrected chi connectivity index (χ0v) is 23.9. The fourth-order valence-electron chi connectivity index (χ4n) is 6.00. The third kappa shape index (κ3) is 5.89. The lowest BCUT2D eigenvalue weighted by molar-refractivity contribution is -0.131. The number of nitrogens with one attached hydrogen (secondary N) is 1. The van der Waals surface area contributed by atoms with E-state index < -0.39 is 0 Å². The predicted octanol–water partition coefficient (Wildman–Crippen LogP) is 7.32. The van der Waals surface area contributed by atoms with Gasteiger partial charge < -0.3 is 19.5 Å². The summed E-state index contributed by atoms with van der Waals surface area (Å²) in [5.41, 5.74) is 6.24. The van der Waals surface area contributed by atoms with Crippen LogP contribution in [0.25, 0.3) is 10.9 Å². The topological polar surface area (TPSA) is 48.6 Å².